The van der Waals surface area contributed by atoms with Crippen LogP contribution in [0.3, 0.4) is 0 Å². The van der Waals surface area contributed by atoms with Gasteiger partial charge in [0, 0.05) is 18.8 Å². The molecule has 0 spiro atoms. The van der Waals surface area contributed by atoms with Crippen LogP contribution in [-0.4, -0.2) is 38.9 Å². The molecule has 0 aromatic heterocycles. The van der Waals surface area contributed by atoms with E-state index in [0.29, 0.717) is 6.54 Å². The second-order valence-electron chi connectivity index (χ2n) is 2.85. The fraction of sp³-hybridized carbons (Fsp3) is 0.833. The number of amides is 1. The standard InChI is InChI=1S/C6H14N2O3S/c1-5(7)3-8-6(9)4-12(2,10)11/h5H,3-4,7H2,1-2H3,(H,8,9). The summed E-state index contributed by atoms with van der Waals surface area (Å²) in [5.74, 6) is -0.977. The van der Waals surface area contributed by atoms with Crippen molar-refractivity contribution in [1.29, 1.82) is 0 Å². The molecule has 0 heterocycles. The molecule has 0 fully saturated rings. The van der Waals surface area contributed by atoms with Crippen LogP contribution in [-0.2, 0) is 14.6 Å². The summed E-state index contributed by atoms with van der Waals surface area (Å²) in [6, 6.07) is -0.159. The third kappa shape index (κ3) is 7.49. The molecule has 72 valence electrons. The van der Waals surface area contributed by atoms with Crippen LogP contribution in [0.15, 0.2) is 0 Å². The van der Waals surface area contributed by atoms with Crippen LogP contribution >= 0.6 is 0 Å². The maximum absolute atomic E-state index is 10.8. The zero-order chi connectivity index (χ0) is 9.78. The number of sulfone groups is 1. The lowest BCUT2D eigenvalue weighted by molar-refractivity contribution is -0.118. The van der Waals surface area contributed by atoms with Crippen molar-refractivity contribution >= 4 is 15.7 Å². The molecular weight excluding hydrogens is 180 g/mol. The third-order valence-electron chi connectivity index (χ3n) is 1.01. The fourth-order valence-corrected chi connectivity index (χ4v) is 1.14. The van der Waals surface area contributed by atoms with Gasteiger partial charge in [0.2, 0.25) is 5.91 Å². The minimum atomic E-state index is -3.22. The van der Waals surface area contributed by atoms with E-state index in [9.17, 15) is 13.2 Å². The first kappa shape index (κ1) is 11.4. The molecule has 0 aromatic carbocycles. The second kappa shape index (κ2) is 4.42. The van der Waals surface area contributed by atoms with E-state index in [1.165, 1.54) is 0 Å². The predicted molar refractivity (Wildman–Crippen MR) is 46.4 cm³/mol. The molecule has 0 rings (SSSR count). The summed E-state index contributed by atoms with van der Waals surface area (Å²) in [5, 5.41) is 2.40. The SMILES string of the molecule is CC(N)CNC(=O)CS(C)(=O)=O. The Kier molecular flexibility index (Phi) is 4.19. The van der Waals surface area contributed by atoms with Gasteiger partial charge in [-0.1, -0.05) is 0 Å². The van der Waals surface area contributed by atoms with Crippen molar-refractivity contribution in [2.75, 3.05) is 18.6 Å². The van der Waals surface area contributed by atoms with Gasteiger partial charge in [-0.25, -0.2) is 8.42 Å². The normalized spacial score (nSPS) is 13.9. The van der Waals surface area contributed by atoms with E-state index in [-0.39, 0.29) is 6.04 Å². The Labute approximate surface area is 72.2 Å². The molecule has 0 aromatic rings. The van der Waals surface area contributed by atoms with E-state index < -0.39 is 21.5 Å². The maximum atomic E-state index is 10.8. The monoisotopic (exact) mass is 194 g/mol. The number of hydrogen-bond acceptors (Lipinski definition) is 4. The molecule has 1 amide bonds. The van der Waals surface area contributed by atoms with Crippen LogP contribution in [0.25, 0.3) is 0 Å². The molecule has 12 heavy (non-hydrogen) atoms. The summed E-state index contributed by atoms with van der Waals surface area (Å²) in [5.41, 5.74) is 5.34. The molecule has 0 aliphatic rings. The van der Waals surface area contributed by atoms with E-state index in [1.807, 2.05) is 0 Å². The summed E-state index contributed by atoms with van der Waals surface area (Å²) in [4.78, 5) is 10.8. The highest BCUT2D eigenvalue weighted by Crippen LogP contribution is 1.82. The zero-order valence-electron chi connectivity index (χ0n) is 7.20. The highest BCUT2D eigenvalue weighted by atomic mass is 32.2. The lowest BCUT2D eigenvalue weighted by Gasteiger charge is -2.06. The summed E-state index contributed by atoms with van der Waals surface area (Å²) in [7, 11) is -3.22. The zero-order valence-corrected chi connectivity index (χ0v) is 8.02. The minimum absolute atomic E-state index is 0.159. The summed E-state index contributed by atoms with van der Waals surface area (Å²) < 4.78 is 21.2. The van der Waals surface area contributed by atoms with Gasteiger partial charge >= 0.3 is 0 Å². The van der Waals surface area contributed by atoms with E-state index >= 15 is 0 Å². The van der Waals surface area contributed by atoms with Crippen molar-refractivity contribution in [3.8, 4) is 0 Å². The average Bonchev–Trinajstić information content (AvgIpc) is 1.79. The molecular formula is C6H14N2O3S. The van der Waals surface area contributed by atoms with E-state index in [2.05, 4.69) is 5.32 Å². The molecule has 0 aliphatic carbocycles. The van der Waals surface area contributed by atoms with Crippen molar-refractivity contribution < 1.29 is 13.2 Å². The fourth-order valence-electron chi connectivity index (χ4n) is 0.564. The predicted octanol–water partition coefficient (Wildman–Crippen LogP) is -1.51. The number of hydrogen-bond donors (Lipinski definition) is 2. The van der Waals surface area contributed by atoms with Gasteiger partial charge in [-0.05, 0) is 6.92 Å². The van der Waals surface area contributed by atoms with Crippen LogP contribution in [0.4, 0.5) is 0 Å². The van der Waals surface area contributed by atoms with Gasteiger partial charge in [-0.15, -0.1) is 0 Å². The van der Waals surface area contributed by atoms with Crippen molar-refractivity contribution in [2.45, 2.75) is 13.0 Å². The average molecular weight is 194 g/mol. The van der Waals surface area contributed by atoms with Gasteiger partial charge in [0.05, 0.1) is 0 Å². The molecule has 0 radical (unpaired) electrons. The summed E-state index contributed by atoms with van der Waals surface area (Å²) in [6.07, 6.45) is 1.01. The maximum Gasteiger partial charge on any atom is 0.235 e. The Hall–Kier alpha value is -0.620. The largest absolute Gasteiger partial charge is 0.354 e. The number of nitrogens with one attached hydrogen (secondary N) is 1. The summed E-state index contributed by atoms with van der Waals surface area (Å²) in [6.45, 7) is 2.02. The third-order valence-corrected chi connectivity index (χ3v) is 1.80. The summed E-state index contributed by atoms with van der Waals surface area (Å²) >= 11 is 0. The topological polar surface area (TPSA) is 89.3 Å². The first-order valence-electron chi connectivity index (χ1n) is 3.51. The van der Waals surface area contributed by atoms with Gasteiger partial charge < -0.3 is 11.1 Å². The Morgan fingerprint density at radius 3 is 2.42 bits per heavy atom. The van der Waals surface area contributed by atoms with Gasteiger partial charge in [0.15, 0.2) is 9.84 Å². The molecule has 3 N–H and O–H groups in total. The first-order chi connectivity index (χ1) is 5.31. The molecule has 6 heteroatoms. The lowest BCUT2D eigenvalue weighted by Crippen LogP contribution is -2.37. The molecule has 0 saturated heterocycles. The van der Waals surface area contributed by atoms with E-state index in [0.717, 1.165) is 6.26 Å². The van der Waals surface area contributed by atoms with Gasteiger partial charge in [0.1, 0.15) is 5.75 Å². The van der Waals surface area contributed by atoms with Gasteiger partial charge in [0.25, 0.3) is 0 Å². The van der Waals surface area contributed by atoms with Gasteiger partial charge in [-0.3, -0.25) is 4.79 Å². The van der Waals surface area contributed by atoms with Crippen molar-refractivity contribution in [3.05, 3.63) is 0 Å². The Morgan fingerprint density at radius 2 is 2.08 bits per heavy atom. The number of carbonyl (C=O) groups excluding carboxylic acids is 1. The molecule has 0 aliphatic heterocycles. The van der Waals surface area contributed by atoms with Crippen LogP contribution in [0, 0.1) is 0 Å². The molecule has 0 bridgehead atoms. The van der Waals surface area contributed by atoms with Crippen molar-refractivity contribution in [1.82, 2.24) is 5.32 Å². The molecule has 5 nitrogen and oxygen atoms in total. The van der Waals surface area contributed by atoms with Crippen molar-refractivity contribution in [3.63, 3.8) is 0 Å². The molecule has 0 saturated carbocycles. The Balaban J connectivity index is 3.77. The van der Waals surface area contributed by atoms with E-state index in [4.69, 9.17) is 5.73 Å². The quantitative estimate of drug-likeness (QED) is 0.569. The van der Waals surface area contributed by atoms with Crippen LogP contribution in [0.1, 0.15) is 6.92 Å². The smallest absolute Gasteiger partial charge is 0.235 e. The van der Waals surface area contributed by atoms with E-state index in [1.54, 1.807) is 6.92 Å². The van der Waals surface area contributed by atoms with Crippen LogP contribution < -0.4 is 11.1 Å². The Bertz CT molecular complexity index is 246. The van der Waals surface area contributed by atoms with Crippen LogP contribution in [0.5, 0.6) is 0 Å². The first-order valence-corrected chi connectivity index (χ1v) is 5.57. The number of nitrogens with two attached hydrogens (primary N) is 1. The minimum Gasteiger partial charge on any atom is -0.354 e. The lowest BCUT2D eigenvalue weighted by atomic mass is 10.4. The second-order valence-corrected chi connectivity index (χ2v) is 4.99. The molecule has 1 unspecified atom stereocenters. The highest BCUT2D eigenvalue weighted by Gasteiger charge is 2.10. The molecule has 1 atom stereocenters. The van der Waals surface area contributed by atoms with Gasteiger partial charge in [-0.2, -0.15) is 0 Å². The van der Waals surface area contributed by atoms with Crippen LogP contribution in [0.2, 0.25) is 0 Å². The van der Waals surface area contributed by atoms with Crippen molar-refractivity contribution in [2.24, 2.45) is 5.73 Å². The highest BCUT2D eigenvalue weighted by molar-refractivity contribution is 7.91. The number of carbonyl (C=O) groups is 1. The number of rotatable bonds is 4. The Morgan fingerprint density at radius 1 is 1.58 bits per heavy atom.